The summed E-state index contributed by atoms with van der Waals surface area (Å²) in [6.07, 6.45) is 0. The van der Waals surface area contributed by atoms with E-state index in [1.807, 2.05) is 29.4 Å². The molecule has 160 valence electrons. The second-order valence-corrected chi connectivity index (χ2v) is 7.87. The van der Waals surface area contributed by atoms with Gasteiger partial charge >= 0.3 is 27.0 Å². The number of nitrogens with one attached hydrogen (secondary N) is 1. The smallest absolute Gasteiger partial charge is 0.123 e. The largest absolute Gasteiger partial charge is 0.672 e. The third-order valence-electron chi connectivity index (χ3n) is 4.13. The Morgan fingerprint density at radius 2 is 1.43 bits per heavy atom. The van der Waals surface area contributed by atoms with Crippen molar-refractivity contribution in [2.24, 2.45) is 0 Å². The second kappa shape index (κ2) is 12.9. The molecule has 2 unspecified atom stereocenters. The van der Waals surface area contributed by atoms with Crippen molar-refractivity contribution < 1.29 is 30.1 Å². The molecule has 0 saturated carbocycles. The van der Waals surface area contributed by atoms with Crippen molar-refractivity contribution in [3.8, 4) is 0 Å². The SMILES string of the molecule is [CH3-].[Cl][Ru+3].[NH-]C(c1ccccc1)C([N-]S(=O)(=O)Cc1cccc(F)c1)c1ccccc1. The van der Waals surface area contributed by atoms with Crippen LogP contribution in [0.2, 0.25) is 0 Å². The zero-order valence-corrected chi connectivity index (χ0v) is 19.5. The molecule has 0 bridgehead atoms. The number of benzene rings is 3. The number of halogens is 2. The van der Waals surface area contributed by atoms with Crippen molar-refractivity contribution >= 4 is 19.7 Å². The predicted octanol–water partition coefficient (Wildman–Crippen LogP) is 6.70. The van der Waals surface area contributed by atoms with Gasteiger partial charge in [0.05, 0.1) is 15.8 Å². The zero-order valence-electron chi connectivity index (χ0n) is 16.2. The minimum absolute atomic E-state index is 0. The fourth-order valence-electron chi connectivity index (χ4n) is 2.85. The maximum Gasteiger partial charge on any atom is 0.123 e. The number of hydrogen-bond acceptors (Lipinski definition) is 2. The van der Waals surface area contributed by atoms with Gasteiger partial charge in [-0.1, -0.05) is 83.9 Å². The quantitative estimate of drug-likeness (QED) is 0.250. The fraction of sp³-hybridized carbons (Fsp3) is 0.136. The van der Waals surface area contributed by atoms with E-state index in [2.05, 4.69) is 14.4 Å². The predicted molar refractivity (Wildman–Crippen MR) is 117 cm³/mol. The summed E-state index contributed by atoms with van der Waals surface area (Å²) in [7, 11) is 0.655. The molecule has 1 N–H and O–H groups in total. The van der Waals surface area contributed by atoms with Gasteiger partial charge in [0.1, 0.15) is 5.82 Å². The molecule has 30 heavy (non-hydrogen) atoms. The molecule has 8 heteroatoms. The monoisotopic (exact) mass is 534 g/mol. The first-order chi connectivity index (χ1) is 13.9. The van der Waals surface area contributed by atoms with Crippen molar-refractivity contribution in [1.82, 2.24) is 0 Å². The van der Waals surface area contributed by atoms with Crippen LogP contribution in [0.1, 0.15) is 28.8 Å². The zero-order chi connectivity index (χ0) is 21.3. The summed E-state index contributed by atoms with van der Waals surface area (Å²) in [5.74, 6) is -0.903. The van der Waals surface area contributed by atoms with E-state index in [0.29, 0.717) is 16.7 Å². The van der Waals surface area contributed by atoms with E-state index in [9.17, 15) is 12.8 Å². The molecule has 0 aliphatic heterocycles. The van der Waals surface area contributed by atoms with Crippen LogP contribution in [-0.2, 0) is 33.1 Å². The minimum Gasteiger partial charge on any atom is -0.672 e. The third kappa shape index (κ3) is 7.90. The maximum absolute atomic E-state index is 13.4. The van der Waals surface area contributed by atoms with Gasteiger partial charge < -0.3 is 17.9 Å². The molecule has 0 aliphatic rings. The van der Waals surface area contributed by atoms with Crippen LogP contribution in [0, 0.1) is 13.2 Å². The molecule has 0 aromatic heterocycles. The van der Waals surface area contributed by atoms with Crippen LogP contribution in [0.3, 0.4) is 0 Å². The Bertz CT molecular complexity index is 992. The first-order valence-corrected chi connectivity index (χ1v) is 12.4. The summed E-state index contributed by atoms with van der Waals surface area (Å²) in [5, 5.41) is 0. The Labute approximate surface area is 192 Å². The summed E-state index contributed by atoms with van der Waals surface area (Å²) in [5.41, 5.74) is 10.2. The molecule has 3 aromatic carbocycles. The Morgan fingerprint density at radius 1 is 0.900 bits per heavy atom. The minimum atomic E-state index is -3.91. The molecule has 3 rings (SSSR count). The Hall–Kier alpha value is -1.63. The van der Waals surface area contributed by atoms with E-state index in [1.54, 1.807) is 54.6 Å². The topological polar surface area (TPSA) is 72.0 Å². The molecule has 3 aromatic rings. The van der Waals surface area contributed by atoms with E-state index in [0.717, 1.165) is 0 Å². The fourth-order valence-corrected chi connectivity index (χ4v) is 4.12. The summed E-state index contributed by atoms with van der Waals surface area (Å²) < 4.78 is 42.7. The third-order valence-corrected chi connectivity index (χ3v) is 5.37. The van der Waals surface area contributed by atoms with Gasteiger partial charge in [-0.3, -0.25) is 0 Å². The second-order valence-electron chi connectivity index (χ2n) is 6.21. The van der Waals surface area contributed by atoms with E-state index in [-0.39, 0.29) is 7.43 Å². The van der Waals surface area contributed by atoms with Gasteiger partial charge in [0, 0.05) is 0 Å². The van der Waals surface area contributed by atoms with Gasteiger partial charge in [0.25, 0.3) is 0 Å². The molecular formula is C22H22ClFN2O2RuS. The Morgan fingerprint density at radius 3 is 1.97 bits per heavy atom. The molecule has 0 spiro atoms. The standard InChI is InChI=1S/C21H19FN2O2S.CH3.ClH.Ru/c22-19-13-7-8-16(14-19)15-27(25,26)24-21(18-11-5-2-6-12-18)20(23)17-9-3-1-4-10-17;;;/h1-14,20-21,23H,15H2;1H3;1H;/q-2;-1;;+4/p-1. The summed E-state index contributed by atoms with van der Waals surface area (Å²) in [4.78, 5) is 0. The first-order valence-electron chi connectivity index (χ1n) is 8.58. The Balaban J connectivity index is 0.00000146. The Kier molecular flexibility index (Phi) is 11.4. The summed E-state index contributed by atoms with van der Waals surface area (Å²) in [6, 6.07) is 21.6. The van der Waals surface area contributed by atoms with E-state index >= 15 is 0 Å². The first kappa shape index (κ1) is 26.4. The van der Waals surface area contributed by atoms with Crippen LogP contribution in [0.4, 0.5) is 4.39 Å². The molecule has 0 saturated heterocycles. The number of rotatable bonds is 7. The summed E-state index contributed by atoms with van der Waals surface area (Å²) >= 11 is 1.82. The van der Waals surface area contributed by atoms with E-state index in [1.165, 1.54) is 18.2 Å². The van der Waals surface area contributed by atoms with Crippen molar-refractivity contribution in [3.63, 3.8) is 0 Å². The molecular weight excluding hydrogens is 512 g/mol. The van der Waals surface area contributed by atoms with Crippen molar-refractivity contribution in [1.29, 1.82) is 0 Å². The van der Waals surface area contributed by atoms with Gasteiger partial charge in [-0.15, -0.1) is 12.1 Å². The van der Waals surface area contributed by atoms with Gasteiger partial charge in [0.2, 0.25) is 0 Å². The van der Waals surface area contributed by atoms with Crippen molar-refractivity contribution in [2.45, 2.75) is 17.8 Å². The molecule has 4 nitrogen and oxygen atoms in total. The number of sulfonamides is 1. The molecule has 0 radical (unpaired) electrons. The molecule has 2 atom stereocenters. The van der Waals surface area contributed by atoms with Crippen molar-refractivity contribution in [3.05, 3.63) is 125 Å². The van der Waals surface area contributed by atoms with Crippen LogP contribution in [0.5, 0.6) is 0 Å². The maximum atomic E-state index is 13.4. The summed E-state index contributed by atoms with van der Waals surface area (Å²) in [6.45, 7) is 0. The van der Waals surface area contributed by atoms with Crippen LogP contribution in [0.15, 0.2) is 84.9 Å². The van der Waals surface area contributed by atoms with Gasteiger partial charge in [0.15, 0.2) is 0 Å². The van der Waals surface area contributed by atoms with Crippen LogP contribution in [0.25, 0.3) is 10.5 Å². The van der Waals surface area contributed by atoms with E-state index in [4.69, 9.17) is 5.73 Å². The molecule has 0 aliphatic carbocycles. The average molecular weight is 534 g/mol. The number of nitrogens with zero attached hydrogens (tertiary/aromatic N) is 1. The van der Waals surface area contributed by atoms with Gasteiger partial charge in [-0.2, -0.15) is 0 Å². The van der Waals surface area contributed by atoms with Crippen molar-refractivity contribution in [2.75, 3.05) is 0 Å². The normalized spacial score (nSPS) is 12.6. The van der Waals surface area contributed by atoms with Crippen LogP contribution >= 0.6 is 9.69 Å². The van der Waals surface area contributed by atoms with Crippen LogP contribution < -0.4 is 0 Å². The van der Waals surface area contributed by atoms with Crippen LogP contribution in [-0.4, -0.2) is 8.42 Å². The van der Waals surface area contributed by atoms with Gasteiger partial charge in [-0.25, -0.2) is 12.8 Å². The van der Waals surface area contributed by atoms with Gasteiger partial charge in [-0.05, 0) is 17.7 Å². The molecule has 0 heterocycles. The number of hydrogen-bond donors (Lipinski definition) is 0. The molecule has 0 amide bonds. The average Bonchev–Trinajstić information content (AvgIpc) is 2.74. The molecule has 0 fully saturated rings. The van der Waals surface area contributed by atoms with E-state index < -0.39 is 33.7 Å².